The molecule has 1 heterocycles. The fraction of sp³-hybridized carbons (Fsp3) is 0.300. The van der Waals surface area contributed by atoms with Gasteiger partial charge in [-0.25, -0.2) is 4.79 Å². The maximum Gasteiger partial charge on any atom is 0.404 e. The number of carbonyl (C=O) groups is 1. The van der Waals surface area contributed by atoms with Crippen LogP contribution in [0.1, 0.15) is 18.6 Å². The van der Waals surface area contributed by atoms with Crippen LogP contribution in [0.4, 0.5) is 10.5 Å². The van der Waals surface area contributed by atoms with Crippen molar-refractivity contribution in [3.8, 4) is 11.5 Å². The van der Waals surface area contributed by atoms with Gasteiger partial charge in [0.15, 0.2) is 11.5 Å². The molecule has 18 heavy (non-hydrogen) atoms. The minimum absolute atomic E-state index is 0.000381. The lowest BCUT2D eigenvalue weighted by Gasteiger charge is -2.12. The van der Waals surface area contributed by atoms with E-state index in [4.69, 9.17) is 25.8 Å². The zero-order chi connectivity index (χ0) is 13.3. The molecule has 0 aromatic heterocycles. The summed E-state index contributed by atoms with van der Waals surface area (Å²) in [4.78, 5) is 21.0. The number of hydrogen-bond acceptors (Lipinski definition) is 6. The molecule has 1 aromatic rings. The van der Waals surface area contributed by atoms with E-state index in [1.807, 2.05) is 0 Å². The van der Waals surface area contributed by atoms with Gasteiger partial charge < -0.3 is 14.2 Å². The minimum Gasteiger partial charge on any atom is -0.454 e. The SMILES string of the molecule is CC(OC(=O)Cl)c1cc2c(cc1[N+](=O)[O-])OCO2. The standard InChI is InChI=1S/C10H8ClNO6/c1-5(18-10(11)13)6-2-8-9(17-4-16-8)3-7(6)12(14)15/h2-3,5H,4H2,1H3. The number of ether oxygens (including phenoxy) is 3. The number of nitro benzene ring substituents is 1. The van der Waals surface area contributed by atoms with Gasteiger partial charge >= 0.3 is 5.43 Å². The second-order valence-corrected chi connectivity index (χ2v) is 3.83. The molecule has 1 aromatic carbocycles. The van der Waals surface area contributed by atoms with E-state index in [1.165, 1.54) is 19.1 Å². The topological polar surface area (TPSA) is 87.9 Å². The van der Waals surface area contributed by atoms with Crippen LogP contribution in [-0.4, -0.2) is 17.1 Å². The summed E-state index contributed by atoms with van der Waals surface area (Å²) in [6, 6.07) is 2.64. The zero-order valence-electron chi connectivity index (χ0n) is 9.21. The van der Waals surface area contributed by atoms with Crippen LogP contribution < -0.4 is 9.47 Å². The predicted octanol–water partition coefficient (Wildman–Crippen LogP) is 2.76. The minimum atomic E-state index is -1.03. The van der Waals surface area contributed by atoms with Crippen molar-refractivity contribution >= 4 is 22.7 Å². The Balaban J connectivity index is 2.44. The number of hydrogen-bond donors (Lipinski definition) is 0. The number of rotatable bonds is 3. The van der Waals surface area contributed by atoms with Crippen molar-refractivity contribution in [2.45, 2.75) is 13.0 Å². The molecule has 0 saturated carbocycles. The van der Waals surface area contributed by atoms with E-state index in [2.05, 4.69) is 0 Å². The molecule has 2 rings (SSSR count). The van der Waals surface area contributed by atoms with E-state index in [-0.39, 0.29) is 23.8 Å². The lowest BCUT2D eigenvalue weighted by molar-refractivity contribution is -0.386. The van der Waals surface area contributed by atoms with E-state index < -0.39 is 16.5 Å². The molecule has 1 atom stereocenters. The molecule has 0 fully saturated rings. The maximum atomic E-state index is 10.9. The third-order valence-corrected chi connectivity index (χ3v) is 2.52. The Labute approximate surface area is 106 Å². The highest BCUT2D eigenvalue weighted by atomic mass is 35.5. The second kappa shape index (κ2) is 4.69. The number of carbonyl (C=O) groups excluding carboxylic acids is 1. The van der Waals surface area contributed by atoms with Gasteiger partial charge in [0.25, 0.3) is 5.69 Å². The van der Waals surface area contributed by atoms with Crippen LogP contribution >= 0.6 is 11.6 Å². The molecule has 1 aliphatic rings. The smallest absolute Gasteiger partial charge is 0.404 e. The molecule has 0 bridgehead atoms. The Morgan fingerprint density at radius 3 is 2.67 bits per heavy atom. The predicted molar refractivity (Wildman–Crippen MR) is 60.0 cm³/mol. The van der Waals surface area contributed by atoms with Crippen LogP contribution in [0.3, 0.4) is 0 Å². The number of nitrogens with zero attached hydrogens (tertiary/aromatic N) is 1. The first-order valence-electron chi connectivity index (χ1n) is 4.93. The van der Waals surface area contributed by atoms with E-state index in [0.29, 0.717) is 5.75 Å². The molecule has 1 unspecified atom stereocenters. The van der Waals surface area contributed by atoms with E-state index in [0.717, 1.165) is 0 Å². The molecule has 0 amide bonds. The summed E-state index contributed by atoms with van der Waals surface area (Å²) >= 11 is 5.08. The molecular weight excluding hydrogens is 266 g/mol. The zero-order valence-corrected chi connectivity index (χ0v) is 9.97. The third kappa shape index (κ3) is 2.30. The van der Waals surface area contributed by atoms with E-state index in [1.54, 1.807) is 0 Å². The maximum absolute atomic E-state index is 10.9. The van der Waals surface area contributed by atoms with Crippen molar-refractivity contribution in [2.75, 3.05) is 6.79 Å². The van der Waals surface area contributed by atoms with Crippen LogP contribution in [0.25, 0.3) is 0 Å². The van der Waals surface area contributed by atoms with E-state index >= 15 is 0 Å². The summed E-state index contributed by atoms with van der Waals surface area (Å²) in [6.45, 7) is 1.48. The summed E-state index contributed by atoms with van der Waals surface area (Å²) in [5.41, 5.74) is -1.06. The summed E-state index contributed by atoms with van der Waals surface area (Å²) in [6.07, 6.45) is -0.857. The van der Waals surface area contributed by atoms with Crippen LogP contribution in [0.15, 0.2) is 12.1 Å². The van der Waals surface area contributed by atoms with Crippen molar-refractivity contribution in [2.24, 2.45) is 0 Å². The number of nitro groups is 1. The molecule has 1 aliphatic heterocycles. The van der Waals surface area contributed by atoms with Crippen LogP contribution in [0, 0.1) is 10.1 Å². The average Bonchev–Trinajstić information content (AvgIpc) is 2.72. The van der Waals surface area contributed by atoms with Gasteiger partial charge in [0.05, 0.1) is 16.6 Å². The normalized spacial score (nSPS) is 14.1. The van der Waals surface area contributed by atoms with Crippen molar-refractivity contribution in [1.29, 1.82) is 0 Å². The number of halogens is 1. The first-order valence-corrected chi connectivity index (χ1v) is 5.31. The number of benzene rings is 1. The van der Waals surface area contributed by atoms with Gasteiger partial charge in [0.1, 0.15) is 6.10 Å². The number of fused-ring (bicyclic) bond motifs is 1. The lowest BCUT2D eigenvalue weighted by atomic mass is 10.1. The third-order valence-electron chi connectivity index (χ3n) is 2.43. The van der Waals surface area contributed by atoms with Crippen molar-refractivity contribution in [1.82, 2.24) is 0 Å². The van der Waals surface area contributed by atoms with Crippen molar-refractivity contribution in [3.63, 3.8) is 0 Å². The van der Waals surface area contributed by atoms with Crippen molar-refractivity contribution in [3.05, 3.63) is 27.8 Å². The molecule has 7 nitrogen and oxygen atoms in total. The Kier molecular flexibility index (Phi) is 3.24. The summed E-state index contributed by atoms with van der Waals surface area (Å²) in [5.74, 6) is 0.655. The highest BCUT2D eigenvalue weighted by Crippen LogP contribution is 2.40. The molecule has 0 radical (unpaired) electrons. The second-order valence-electron chi connectivity index (χ2n) is 3.52. The largest absolute Gasteiger partial charge is 0.454 e. The highest BCUT2D eigenvalue weighted by Gasteiger charge is 2.27. The Bertz CT molecular complexity index is 517. The van der Waals surface area contributed by atoms with Crippen LogP contribution in [-0.2, 0) is 4.74 Å². The summed E-state index contributed by atoms with van der Waals surface area (Å²) in [7, 11) is 0. The molecule has 8 heteroatoms. The quantitative estimate of drug-likeness (QED) is 0.478. The Morgan fingerprint density at radius 2 is 2.11 bits per heavy atom. The van der Waals surface area contributed by atoms with Gasteiger partial charge in [-0.15, -0.1) is 0 Å². The average molecular weight is 274 g/mol. The van der Waals surface area contributed by atoms with Crippen LogP contribution in [0.2, 0.25) is 0 Å². The van der Waals surface area contributed by atoms with Gasteiger partial charge in [-0.1, -0.05) is 0 Å². The van der Waals surface area contributed by atoms with Gasteiger partial charge in [-0.3, -0.25) is 10.1 Å². The Hall–Kier alpha value is -2.02. The molecule has 0 saturated heterocycles. The van der Waals surface area contributed by atoms with E-state index in [9.17, 15) is 14.9 Å². The molecule has 96 valence electrons. The van der Waals surface area contributed by atoms with Gasteiger partial charge in [0, 0.05) is 11.6 Å². The van der Waals surface area contributed by atoms with Crippen molar-refractivity contribution < 1.29 is 23.9 Å². The first kappa shape index (κ1) is 12.4. The fourth-order valence-electron chi connectivity index (χ4n) is 1.63. The van der Waals surface area contributed by atoms with Gasteiger partial charge in [0.2, 0.25) is 6.79 Å². The molecule has 0 aliphatic carbocycles. The summed E-state index contributed by atoms with van der Waals surface area (Å²) < 4.78 is 14.9. The highest BCUT2D eigenvalue weighted by molar-refractivity contribution is 6.61. The molecule has 0 N–H and O–H groups in total. The monoisotopic (exact) mass is 273 g/mol. The fourth-order valence-corrected chi connectivity index (χ4v) is 1.77. The van der Waals surface area contributed by atoms with Gasteiger partial charge in [-0.05, 0) is 13.0 Å². The Morgan fingerprint density at radius 1 is 1.50 bits per heavy atom. The molecular formula is C10H8ClNO6. The lowest BCUT2D eigenvalue weighted by Crippen LogP contribution is -2.05. The summed E-state index contributed by atoms with van der Waals surface area (Å²) in [5, 5.41) is 10.9. The first-order chi connectivity index (χ1) is 8.49. The molecule has 0 spiro atoms. The van der Waals surface area contributed by atoms with Crippen LogP contribution in [0.5, 0.6) is 11.5 Å². The van der Waals surface area contributed by atoms with Gasteiger partial charge in [-0.2, -0.15) is 0 Å².